The highest BCUT2D eigenvalue weighted by Crippen LogP contribution is 2.17. The second kappa shape index (κ2) is 4.65. The van der Waals surface area contributed by atoms with Crippen molar-refractivity contribution in [1.29, 1.82) is 0 Å². The van der Waals surface area contributed by atoms with Crippen molar-refractivity contribution < 1.29 is 9.32 Å². The molecule has 0 bridgehead atoms. The van der Waals surface area contributed by atoms with Crippen molar-refractivity contribution in [2.24, 2.45) is 5.73 Å². The molecule has 2 rings (SSSR count). The Labute approximate surface area is 94.4 Å². The minimum absolute atomic E-state index is 0.0675. The average molecular weight is 223 g/mol. The molecule has 0 saturated heterocycles. The van der Waals surface area contributed by atoms with Crippen LogP contribution in [0.1, 0.15) is 41.8 Å². The summed E-state index contributed by atoms with van der Waals surface area (Å²) in [6, 6.07) is 0.147. The van der Waals surface area contributed by atoms with E-state index in [4.69, 9.17) is 10.3 Å². The lowest BCUT2D eigenvalue weighted by Crippen LogP contribution is -2.49. The molecular weight excluding hydrogens is 206 g/mol. The van der Waals surface area contributed by atoms with Crippen LogP contribution in [0.15, 0.2) is 10.7 Å². The third kappa shape index (κ3) is 2.24. The molecule has 0 spiro atoms. The predicted octanol–water partition coefficient (Wildman–Crippen LogP) is 0.983. The van der Waals surface area contributed by atoms with Crippen LogP contribution in [-0.2, 0) is 0 Å². The summed E-state index contributed by atoms with van der Waals surface area (Å²) in [4.78, 5) is 11.9. The van der Waals surface area contributed by atoms with Gasteiger partial charge < -0.3 is 15.6 Å². The number of aryl methyl sites for hydroxylation is 1. The van der Waals surface area contributed by atoms with Crippen LogP contribution in [0, 0.1) is 6.92 Å². The highest BCUT2D eigenvalue weighted by molar-refractivity contribution is 5.94. The van der Waals surface area contributed by atoms with Gasteiger partial charge in [-0.25, -0.2) is 0 Å². The number of amides is 1. The van der Waals surface area contributed by atoms with Crippen molar-refractivity contribution in [1.82, 2.24) is 10.5 Å². The molecule has 1 aromatic heterocycles. The molecule has 2 atom stereocenters. The van der Waals surface area contributed by atoms with Gasteiger partial charge in [0.25, 0.3) is 5.91 Å². The molecular formula is C11H17N3O2. The van der Waals surface area contributed by atoms with Gasteiger partial charge in [0.05, 0.1) is 6.20 Å². The topological polar surface area (TPSA) is 81.2 Å². The monoisotopic (exact) mass is 223 g/mol. The Hall–Kier alpha value is -1.36. The van der Waals surface area contributed by atoms with Crippen LogP contribution in [-0.4, -0.2) is 23.1 Å². The first kappa shape index (κ1) is 11.1. The van der Waals surface area contributed by atoms with Crippen LogP contribution in [0.25, 0.3) is 0 Å². The van der Waals surface area contributed by atoms with E-state index in [-0.39, 0.29) is 18.0 Å². The summed E-state index contributed by atoms with van der Waals surface area (Å²) in [7, 11) is 0. The number of hydrogen-bond donors (Lipinski definition) is 2. The van der Waals surface area contributed by atoms with Gasteiger partial charge in [-0.1, -0.05) is 18.0 Å². The summed E-state index contributed by atoms with van der Waals surface area (Å²) >= 11 is 0. The van der Waals surface area contributed by atoms with Crippen LogP contribution in [0.4, 0.5) is 0 Å². The molecule has 3 N–H and O–H groups in total. The maximum atomic E-state index is 11.9. The van der Waals surface area contributed by atoms with Gasteiger partial charge in [-0.3, -0.25) is 4.79 Å². The van der Waals surface area contributed by atoms with E-state index in [1.54, 1.807) is 6.92 Å². The molecule has 88 valence electrons. The maximum absolute atomic E-state index is 11.9. The van der Waals surface area contributed by atoms with E-state index in [1.807, 2.05) is 0 Å². The average Bonchev–Trinajstić information content (AvgIpc) is 2.68. The Morgan fingerprint density at radius 1 is 1.56 bits per heavy atom. The number of nitrogens with zero attached hydrogens (tertiary/aromatic N) is 1. The number of carbonyl (C=O) groups is 1. The minimum atomic E-state index is -0.138. The summed E-state index contributed by atoms with van der Waals surface area (Å²) in [6.45, 7) is 1.72. The van der Waals surface area contributed by atoms with Crippen LogP contribution >= 0.6 is 0 Å². The van der Waals surface area contributed by atoms with Crippen molar-refractivity contribution in [3.8, 4) is 0 Å². The smallest absolute Gasteiger partial charge is 0.256 e. The molecule has 1 heterocycles. The van der Waals surface area contributed by atoms with Crippen LogP contribution in [0.5, 0.6) is 0 Å². The molecule has 2 unspecified atom stereocenters. The van der Waals surface area contributed by atoms with Crippen molar-refractivity contribution in [3.63, 3.8) is 0 Å². The van der Waals surface area contributed by atoms with Gasteiger partial charge in [-0.15, -0.1) is 0 Å². The summed E-state index contributed by atoms with van der Waals surface area (Å²) in [6.07, 6.45) is 5.66. The number of nitrogens with one attached hydrogen (secondary N) is 1. The van der Waals surface area contributed by atoms with E-state index in [2.05, 4.69) is 10.5 Å². The number of carbonyl (C=O) groups excluding carboxylic acids is 1. The van der Waals surface area contributed by atoms with Gasteiger partial charge in [0.2, 0.25) is 0 Å². The normalized spacial score (nSPS) is 25.4. The first-order valence-corrected chi connectivity index (χ1v) is 5.66. The highest BCUT2D eigenvalue weighted by atomic mass is 16.5. The lowest BCUT2D eigenvalue weighted by molar-refractivity contribution is 0.0919. The number of hydrogen-bond acceptors (Lipinski definition) is 4. The molecule has 0 radical (unpaired) electrons. The summed E-state index contributed by atoms with van der Waals surface area (Å²) < 4.78 is 4.86. The van der Waals surface area contributed by atoms with Crippen molar-refractivity contribution in [3.05, 3.63) is 17.5 Å². The third-order valence-corrected chi connectivity index (χ3v) is 3.13. The van der Waals surface area contributed by atoms with Crippen molar-refractivity contribution in [2.75, 3.05) is 0 Å². The Morgan fingerprint density at radius 3 is 2.94 bits per heavy atom. The second-order valence-electron chi connectivity index (χ2n) is 4.32. The Bertz CT molecular complexity index is 375. The Balaban J connectivity index is 1.99. The van der Waals surface area contributed by atoms with E-state index >= 15 is 0 Å². The van der Waals surface area contributed by atoms with E-state index in [9.17, 15) is 4.79 Å². The van der Waals surface area contributed by atoms with E-state index in [1.165, 1.54) is 6.20 Å². The molecule has 5 heteroatoms. The molecule has 1 aromatic rings. The maximum Gasteiger partial charge on any atom is 0.256 e. The summed E-state index contributed by atoms with van der Waals surface area (Å²) in [5.41, 5.74) is 6.46. The van der Waals surface area contributed by atoms with Gasteiger partial charge in [0, 0.05) is 12.1 Å². The molecule has 5 nitrogen and oxygen atoms in total. The van der Waals surface area contributed by atoms with E-state index in [0.29, 0.717) is 11.3 Å². The SMILES string of the molecule is Cc1oncc1C(=O)NC1CCCCC1N. The predicted molar refractivity (Wildman–Crippen MR) is 58.9 cm³/mol. The number of aromatic nitrogens is 1. The lowest BCUT2D eigenvalue weighted by atomic mass is 9.91. The van der Waals surface area contributed by atoms with Crippen molar-refractivity contribution >= 4 is 5.91 Å². The third-order valence-electron chi connectivity index (χ3n) is 3.13. The molecule has 0 aromatic carbocycles. The first-order valence-electron chi connectivity index (χ1n) is 5.66. The zero-order valence-electron chi connectivity index (χ0n) is 9.40. The van der Waals surface area contributed by atoms with Gasteiger partial charge in [-0.05, 0) is 19.8 Å². The molecule has 1 aliphatic rings. The van der Waals surface area contributed by atoms with Crippen molar-refractivity contribution in [2.45, 2.75) is 44.7 Å². The second-order valence-corrected chi connectivity index (χ2v) is 4.32. The minimum Gasteiger partial charge on any atom is -0.361 e. The molecule has 0 aliphatic heterocycles. The quantitative estimate of drug-likeness (QED) is 0.783. The van der Waals surface area contributed by atoms with Crippen LogP contribution in [0.2, 0.25) is 0 Å². The zero-order valence-corrected chi connectivity index (χ0v) is 9.40. The molecule has 1 fully saturated rings. The largest absolute Gasteiger partial charge is 0.361 e. The highest BCUT2D eigenvalue weighted by Gasteiger charge is 2.24. The van der Waals surface area contributed by atoms with Gasteiger partial charge >= 0.3 is 0 Å². The van der Waals surface area contributed by atoms with Gasteiger partial charge in [0.1, 0.15) is 11.3 Å². The summed E-state index contributed by atoms with van der Waals surface area (Å²) in [5.74, 6) is 0.406. The zero-order chi connectivity index (χ0) is 11.5. The van der Waals surface area contributed by atoms with Crippen LogP contribution < -0.4 is 11.1 Å². The van der Waals surface area contributed by atoms with E-state index < -0.39 is 0 Å². The van der Waals surface area contributed by atoms with Gasteiger partial charge in [-0.2, -0.15) is 0 Å². The van der Waals surface area contributed by atoms with E-state index in [0.717, 1.165) is 25.7 Å². The Morgan fingerprint density at radius 2 is 2.31 bits per heavy atom. The number of nitrogens with two attached hydrogens (primary N) is 1. The molecule has 1 saturated carbocycles. The van der Waals surface area contributed by atoms with Crippen LogP contribution in [0.3, 0.4) is 0 Å². The van der Waals surface area contributed by atoms with Gasteiger partial charge in [0.15, 0.2) is 0 Å². The lowest BCUT2D eigenvalue weighted by Gasteiger charge is -2.29. The fourth-order valence-electron chi connectivity index (χ4n) is 2.10. The number of rotatable bonds is 2. The standard InChI is InChI=1S/C11H17N3O2/c1-7-8(6-13-16-7)11(15)14-10-5-3-2-4-9(10)12/h6,9-10H,2-5,12H2,1H3,(H,14,15). The molecule has 16 heavy (non-hydrogen) atoms. The fourth-order valence-corrected chi connectivity index (χ4v) is 2.10. The molecule has 1 amide bonds. The molecule has 1 aliphatic carbocycles. The fraction of sp³-hybridized carbons (Fsp3) is 0.636. The Kier molecular flexibility index (Phi) is 3.24. The summed E-state index contributed by atoms with van der Waals surface area (Å²) in [5, 5.41) is 6.54. The first-order chi connectivity index (χ1) is 7.68.